The molecule has 1 unspecified atom stereocenters. The van der Waals surface area contributed by atoms with Gasteiger partial charge in [0.05, 0.1) is 13.3 Å². The predicted molar refractivity (Wildman–Crippen MR) is 41.4 cm³/mol. The van der Waals surface area contributed by atoms with Gasteiger partial charge in [-0.25, -0.2) is 0 Å². The van der Waals surface area contributed by atoms with Crippen molar-refractivity contribution in [3.8, 4) is 0 Å². The van der Waals surface area contributed by atoms with Crippen molar-refractivity contribution in [2.45, 2.75) is 6.35 Å². The number of hydrogen-bond acceptors (Lipinski definition) is 4. The maximum atomic E-state index is 8.89. The zero-order chi connectivity index (χ0) is 6.85. The van der Waals surface area contributed by atoms with E-state index in [1.807, 2.05) is 0 Å². The van der Waals surface area contributed by atoms with Gasteiger partial charge in [-0.2, -0.15) is 8.84 Å². The third kappa shape index (κ3) is 3.21. The Morgan fingerprint density at radius 1 is 1.50 bits per heavy atom. The molecule has 0 radical (unpaired) electrons. The van der Waals surface area contributed by atoms with E-state index in [-0.39, 0.29) is 29.6 Å². The van der Waals surface area contributed by atoms with Gasteiger partial charge in [-0.05, 0) is 23.6 Å². The standard InChI is InChI=1S/C3H7Cl2N3O.Na.H/c4-7-1-6-3(9)8(5)2-7;;/h3,6,9H,1-2H2;;. The first-order valence-electron chi connectivity index (χ1n) is 2.45. The fourth-order valence-electron chi connectivity index (χ4n) is 0.554. The molecule has 56 valence electrons. The molecule has 1 heterocycles. The molecular formula is C3H8Cl2N3NaO. The second-order valence-electron chi connectivity index (χ2n) is 1.74. The normalized spacial score (nSPS) is 29.7. The van der Waals surface area contributed by atoms with Crippen LogP contribution in [-0.4, -0.2) is 63.2 Å². The zero-order valence-electron chi connectivity index (χ0n) is 4.59. The second kappa shape index (κ2) is 5.13. The van der Waals surface area contributed by atoms with Crippen LogP contribution in [0.4, 0.5) is 0 Å². The van der Waals surface area contributed by atoms with Crippen molar-refractivity contribution in [1.29, 1.82) is 0 Å². The topological polar surface area (TPSA) is 38.7 Å². The van der Waals surface area contributed by atoms with E-state index in [9.17, 15) is 0 Å². The molecule has 1 aliphatic heterocycles. The molecule has 0 saturated carbocycles. The summed E-state index contributed by atoms with van der Waals surface area (Å²) in [5.41, 5.74) is 0. The molecule has 10 heavy (non-hydrogen) atoms. The number of halogens is 2. The van der Waals surface area contributed by atoms with E-state index in [1.54, 1.807) is 0 Å². The van der Waals surface area contributed by atoms with E-state index in [0.29, 0.717) is 13.3 Å². The van der Waals surface area contributed by atoms with Gasteiger partial charge >= 0.3 is 29.6 Å². The minimum atomic E-state index is -0.790. The first kappa shape index (κ1) is 11.4. The van der Waals surface area contributed by atoms with Crippen molar-refractivity contribution in [1.82, 2.24) is 14.2 Å². The summed E-state index contributed by atoms with van der Waals surface area (Å²) in [5, 5.41) is 11.5. The monoisotopic (exact) mass is 195 g/mol. The van der Waals surface area contributed by atoms with Crippen molar-refractivity contribution >= 4 is 53.1 Å². The Labute approximate surface area is 91.6 Å². The van der Waals surface area contributed by atoms with E-state index in [4.69, 9.17) is 28.7 Å². The number of aliphatic hydroxyl groups excluding tert-OH is 1. The molecule has 7 heteroatoms. The molecule has 2 N–H and O–H groups in total. The van der Waals surface area contributed by atoms with Crippen molar-refractivity contribution in [3.05, 3.63) is 0 Å². The van der Waals surface area contributed by atoms with E-state index in [2.05, 4.69) is 5.32 Å². The molecule has 1 rings (SSSR count). The molecule has 0 amide bonds. The van der Waals surface area contributed by atoms with Crippen molar-refractivity contribution in [2.75, 3.05) is 13.3 Å². The maximum absolute atomic E-state index is 8.89. The van der Waals surface area contributed by atoms with E-state index < -0.39 is 6.35 Å². The van der Waals surface area contributed by atoms with Crippen molar-refractivity contribution in [2.24, 2.45) is 0 Å². The summed E-state index contributed by atoms with van der Waals surface area (Å²) in [5.74, 6) is 0. The Kier molecular flexibility index (Phi) is 5.86. The van der Waals surface area contributed by atoms with Crippen LogP contribution in [0.15, 0.2) is 0 Å². The van der Waals surface area contributed by atoms with Gasteiger partial charge in [0.1, 0.15) is 0 Å². The summed E-state index contributed by atoms with van der Waals surface area (Å²) in [4.78, 5) is 0. The van der Waals surface area contributed by atoms with E-state index >= 15 is 0 Å². The van der Waals surface area contributed by atoms with Gasteiger partial charge in [-0.3, -0.25) is 5.32 Å². The van der Waals surface area contributed by atoms with Crippen molar-refractivity contribution in [3.63, 3.8) is 0 Å². The van der Waals surface area contributed by atoms with Crippen LogP contribution in [0.25, 0.3) is 0 Å². The summed E-state index contributed by atoms with van der Waals surface area (Å²) >= 11 is 11.0. The fraction of sp³-hybridized carbons (Fsp3) is 1.00. The Balaban J connectivity index is 0.000000810. The molecular weight excluding hydrogens is 188 g/mol. The molecule has 1 atom stereocenters. The summed E-state index contributed by atoms with van der Waals surface area (Å²) < 4.78 is 2.58. The molecule has 1 fully saturated rings. The number of nitrogens with one attached hydrogen (secondary N) is 1. The number of aliphatic hydroxyl groups is 1. The van der Waals surface area contributed by atoms with Gasteiger partial charge in [0.25, 0.3) is 0 Å². The quantitative estimate of drug-likeness (QED) is 0.386. The Hall–Kier alpha value is 1.42. The van der Waals surface area contributed by atoms with Crippen LogP contribution < -0.4 is 5.32 Å². The predicted octanol–water partition coefficient (Wildman–Crippen LogP) is -0.956. The molecule has 0 bridgehead atoms. The van der Waals surface area contributed by atoms with E-state index in [0.717, 1.165) is 4.42 Å². The van der Waals surface area contributed by atoms with Crippen LogP contribution in [-0.2, 0) is 0 Å². The Morgan fingerprint density at radius 3 is 2.50 bits per heavy atom. The van der Waals surface area contributed by atoms with E-state index in [1.165, 1.54) is 4.42 Å². The SMILES string of the molecule is OC1NCN(Cl)CN1Cl.[NaH]. The third-order valence-electron chi connectivity index (χ3n) is 0.999. The van der Waals surface area contributed by atoms with Crippen LogP contribution in [0.3, 0.4) is 0 Å². The summed E-state index contributed by atoms with van der Waals surface area (Å²) in [7, 11) is 0. The summed E-state index contributed by atoms with van der Waals surface area (Å²) in [6, 6.07) is 0. The summed E-state index contributed by atoms with van der Waals surface area (Å²) in [6.07, 6.45) is -0.790. The van der Waals surface area contributed by atoms with Gasteiger partial charge in [-0.1, -0.05) is 0 Å². The van der Waals surface area contributed by atoms with Crippen LogP contribution in [0, 0.1) is 0 Å². The molecule has 1 aliphatic rings. The molecule has 0 spiro atoms. The average molecular weight is 196 g/mol. The third-order valence-corrected chi connectivity index (χ3v) is 1.52. The average Bonchev–Trinajstić information content (AvgIpc) is 1.80. The van der Waals surface area contributed by atoms with Gasteiger partial charge in [0, 0.05) is 0 Å². The first-order valence-corrected chi connectivity index (χ1v) is 3.12. The van der Waals surface area contributed by atoms with Gasteiger partial charge in [0.15, 0.2) is 6.35 Å². The van der Waals surface area contributed by atoms with Crippen molar-refractivity contribution < 1.29 is 5.11 Å². The van der Waals surface area contributed by atoms with Gasteiger partial charge in [-0.15, -0.1) is 0 Å². The second-order valence-corrected chi connectivity index (χ2v) is 2.65. The number of hydrogen-bond donors (Lipinski definition) is 2. The summed E-state index contributed by atoms with van der Waals surface area (Å²) in [6.45, 7) is 0.781. The van der Waals surface area contributed by atoms with Gasteiger partial charge in [0.2, 0.25) is 0 Å². The molecule has 0 aliphatic carbocycles. The van der Waals surface area contributed by atoms with Gasteiger partial charge < -0.3 is 5.11 Å². The van der Waals surface area contributed by atoms with Crippen LogP contribution in [0.2, 0.25) is 0 Å². The molecule has 4 nitrogen and oxygen atoms in total. The molecule has 0 aromatic carbocycles. The molecule has 0 aromatic rings. The fourth-order valence-corrected chi connectivity index (χ4v) is 0.991. The Bertz CT molecular complexity index is 108. The zero-order valence-corrected chi connectivity index (χ0v) is 6.10. The van der Waals surface area contributed by atoms with Crippen LogP contribution in [0.5, 0.6) is 0 Å². The van der Waals surface area contributed by atoms with Crippen LogP contribution in [0.1, 0.15) is 0 Å². The molecule has 0 aromatic heterocycles. The van der Waals surface area contributed by atoms with Crippen LogP contribution >= 0.6 is 23.6 Å². The number of rotatable bonds is 0. The molecule has 1 saturated heterocycles. The first-order chi connectivity index (χ1) is 4.20. The Morgan fingerprint density at radius 2 is 2.10 bits per heavy atom. The number of nitrogens with zero attached hydrogens (tertiary/aromatic N) is 2. The minimum absolute atomic E-state index is 0.